The van der Waals surface area contributed by atoms with E-state index >= 15 is 0 Å². The number of benzene rings is 2. The first-order chi connectivity index (χ1) is 9.88. The van der Waals surface area contributed by atoms with Gasteiger partial charge in [-0.15, -0.1) is 0 Å². The Balaban J connectivity index is 2.09. The number of nitrogens with zero attached hydrogens (tertiary/aromatic N) is 1. The van der Waals surface area contributed by atoms with Gasteiger partial charge in [-0.05, 0) is 35.0 Å². The number of imide groups is 1. The number of carbonyl (C=O) groups excluding carboxylic acids is 2. The van der Waals surface area contributed by atoms with Crippen LogP contribution in [0.2, 0.25) is 0 Å². The molecular formula is C13H9BrN2O4S. The average Bonchev–Trinajstić information content (AvgIpc) is 2.77. The van der Waals surface area contributed by atoms with Crippen molar-refractivity contribution in [3.8, 4) is 0 Å². The predicted molar refractivity (Wildman–Crippen MR) is 79.1 cm³/mol. The molecule has 2 aromatic carbocycles. The van der Waals surface area contributed by atoms with Gasteiger partial charge in [0.15, 0.2) is 0 Å². The Bertz CT molecular complexity index is 879. The molecule has 8 heteroatoms. The van der Waals surface area contributed by atoms with E-state index in [0.717, 1.165) is 15.2 Å². The van der Waals surface area contributed by atoms with Gasteiger partial charge in [0, 0.05) is 4.47 Å². The zero-order chi connectivity index (χ0) is 15.2. The highest BCUT2D eigenvalue weighted by Crippen LogP contribution is 2.25. The molecule has 0 spiro atoms. The van der Waals surface area contributed by atoms with E-state index in [4.69, 9.17) is 0 Å². The lowest BCUT2D eigenvalue weighted by molar-refractivity contribution is -0.118. The molecule has 1 N–H and O–H groups in total. The lowest BCUT2D eigenvalue weighted by Crippen LogP contribution is -2.34. The van der Waals surface area contributed by atoms with Crippen LogP contribution < -0.4 is 5.32 Å². The molecule has 0 saturated carbocycles. The quantitative estimate of drug-likeness (QED) is 0.819. The summed E-state index contributed by atoms with van der Waals surface area (Å²) in [6.07, 6.45) is 0. The van der Waals surface area contributed by atoms with Crippen LogP contribution >= 0.6 is 15.9 Å². The fourth-order valence-electron chi connectivity index (χ4n) is 2.10. The minimum atomic E-state index is -4.03. The van der Waals surface area contributed by atoms with Gasteiger partial charge in [0.2, 0.25) is 5.91 Å². The highest BCUT2D eigenvalue weighted by molar-refractivity contribution is 9.10. The monoisotopic (exact) mass is 368 g/mol. The van der Waals surface area contributed by atoms with E-state index in [1.807, 2.05) is 11.4 Å². The molecule has 2 aromatic rings. The number of nitrogens with one attached hydrogen (secondary N) is 1. The van der Waals surface area contributed by atoms with E-state index in [1.165, 1.54) is 12.1 Å². The number of rotatable bonds is 2. The van der Waals surface area contributed by atoms with Gasteiger partial charge in [-0.3, -0.25) is 10.1 Å². The molecule has 1 heterocycles. The summed E-state index contributed by atoms with van der Waals surface area (Å²) in [5.74, 6) is -0.631. The normalized spacial score (nSPS) is 15.6. The van der Waals surface area contributed by atoms with Crippen LogP contribution in [0.3, 0.4) is 0 Å². The molecule has 0 aliphatic carbocycles. The molecule has 0 atom stereocenters. The van der Waals surface area contributed by atoms with Gasteiger partial charge >= 0.3 is 6.03 Å². The zero-order valence-electron chi connectivity index (χ0n) is 10.5. The standard InChI is InChI=1S/C13H9BrN2O4S/c14-10-3-1-9-6-11(4-2-8(9)5-10)21(19,20)16-7-12(17)15-13(16)18/h1-6H,7H2,(H,15,17,18). The first-order valence-electron chi connectivity index (χ1n) is 5.94. The van der Waals surface area contributed by atoms with Crippen molar-refractivity contribution in [3.05, 3.63) is 40.9 Å². The van der Waals surface area contributed by atoms with Gasteiger partial charge in [0.05, 0.1) is 4.90 Å². The highest BCUT2D eigenvalue weighted by Gasteiger charge is 2.37. The van der Waals surface area contributed by atoms with E-state index in [0.29, 0.717) is 4.31 Å². The Morgan fingerprint density at radius 1 is 1.05 bits per heavy atom. The highest BCUT2D eigenvalue weighted by atomic mass is 79.9. The molecule has 3 amide bonds. The molecule has 1 fully saturated rings. The molecule has 6 nitrogen and oxygen atoms in total. The molecule has 0 bridgehead atoms. The number of fused-ring (bicyclic) bond motifs is 1. The molecule has 1 aliphatic rings. The summed E-state index contributed by atoms with van der Waals surface area (Å²) < 4.78 is 26.2. The Labute approximate surface area is 128 Å². The predicted octanol–water partition coefficient (Wildman–Crippen LogP) is 1.84. The number of hydrogen-bond acceptors (Lipinski definition) is 4. The van der Waals surface area contributed by atoms with Crippen LogP contribution in [0.25, 0.3) is 10.8 Å². The molecule has 108 valence electrons. The Kier molecular flexibility index (Phi) is 3.22. The minimum absolute atomic E-state index is 0.0258. The lowest BCUT2D eigenvalue weighted by atomic mass is 10.1. The molecule has 0 unspecified atom stereocenters. The van der Waals surface area contributed by atoms with Crippen LogP contribution in [0, 0.1) is 0 Å². The van der Waals surface area contributed by atoms with Gasteiger partial charge in [0.25, 0.3) is 10.0 Å². The second kappa shape index (κ2) is 4.81. The van der Waals surface area contributed by atoms with Crippen molar-refractivity contribution in [2.45, 2.75) is 4.90 Å². The summed E-state index contributed by atoms with van der Waals surface area (Å²) in [5, 5.41) is 3.54. The fourth-order valence-corrected chi connectivity index (χ4v) is 3.80. The van der Waals surface area contributed by atoms with E-state index in [2.05, 4.69) is 15.9 Å². The Hall–Kier alpha value is -1.93. The van der Waals surface area contributed by atoms with Gasteiger partial charge in [0.1, 0.15) is 6.54 Å². The third-order valence-corrected chi connectivity index (χ3v) is 5.34. The molecule has 1 saturated heterocycles. The number of halogens is 1. The van der Waals surface area contributed by atoms with Crippen molar-refractivity contribution in [1.29, 1.82) is 0 Å². The maximum absolute atomic E-state index is 12.4. The van der Waals surface area contributed by atoms with Crippen LogP contribution in [0.4, 0.5) is 4.79 Å². The second-order valence-corrected chi connectivity index (χ2v) is 7.30. The van der Waals surface area contributed by atoms with E-state index < -0.39 is 28.5 Å². The summed E-state index contributed by atoms with van der Waals surface area (Å²) in [4.78, 5) is 22.6. The molecule has 0 radical (unpaired) electrons. The van der Waals surface area contributed by atoms with E-state index in [1.54, 1.807) is 18.2 Å². The van der Waals surface area contributed by atoms with Crippen molar-refractivity contribution in [1.82, 2.24) is 9.62 Å². The van der Waals surface area contributed by atoms with Crippen LogP contribution in [0.1, 0.15) is 0 Å². The van der Waals surface area contributed by atoms with Crippen LogP contribution in [-0.2, 0) is 14.8 Å². The number of hydrogen-bond donors (Lipinski definition) is 1. The Morgan fingerprint density at radius 2 is 1.71 bits per heavy atom. The number of carbonyl (C=O) groups is 2. The van der Waals surface area contributed by atoms with E-state index in [9.17, 15) is 18.0 Å². The summed E-state index contributed by atoms with van der Waals surface area (Å²) >= 11 is 3.34. The van der Waals surface area contributed by atoms with Crippen molar-refractivity contribution >= 4 is 48.7 Å². The SMILES string of the molecule is O=C1CN(S(=O)(=O)c2ccc3cc(Br)ccc3c2)C(=O)N1. The molecule has 3 rings (SSSR count). The maximum Gasteiger partial charge on any atom is 0.338 e. The molecule has 1 aliphatic heterocycles. The molecule has 0 aromatic heterocycles. The maximum atomic E-state index is 12.4. The van der Waals surface area contributed by atoms with Gasteiger partial charge in [-0.1, -0.05) is 28.1 Å². The number of amides is 3. The van der Waals surface area contributed by atoms with Crippen molar-refractivity contribution in [2.24, 2.45) is 0 Å². The topological polar surface area (TPSA) is 83.6 Å². The number of urea groups is 1. The number of sulfonamides is 1. The smallest absolute Gasteiger partial charge is 0.275 e. The van der Waals surface area contributed by atoms with Crippen LogP contribution in [0.5, 0.6) is 0 Å². The average molecular weight is 369 g/mol. The van der Waals surface area contributed by atoms with Gasteiger partial charge < -0.3 is 0 Å². The van der Waals surface area contributed by atoms with Crippen LogP contribution in [-0.4, -0.2) is 31.2 Å². The van der Waals surface area contributed by atoms with Crippen molar-refractivity contribution in [2.75, 3.05) is 6.54 Å². The Morgan fingerprint density at radius 3 is 2.38 bits per heavy atom. The molecular weight excluding hydrogens is 360 g/mol. The zero-order valence-corrected chi connectivity index (χ0v) is 12.9. The first-order valence-corrected chi connectivity index (χ1v) is 8.17. The van der Waals surface area contributed by atoms with E-state index in [-0.39, 0.29) is 4.90 Å². The van der Waals surface area contributed by atoms with Gasteiger partial charge in [-0.25, -0.2) is 17.5 Å². The van der Waals surface area contributed by atoms with Gasteiger partial charge in [-0.2, -0.15) is 0 Å². The largest absolute Gasteiger partial charge is 0.338 e. The van der Waals surface area contributed by atoms with Crippen molar-refractivity contribution < 1.29 is 18.0 Å². The third-order valence-electron chi connectivity index (χ3n) is 3.12. The summed E-state index contributed by atoms with van der Waals surface area (Å²) in [7, 11) is -4.03. The summed E-state index contributed by atoms with van der Waals surface area (Å²) in [6.45, 7) is -0.487. The molecule has 21 heavy (non-hydrogen) atoms. The van der Waals surface area contributed by atoms with Crippen LogP contribution in [0.15, 0.2) is 45.8 Å². The minimum Gasteiger partial charge on any atom is -0.275 e. The lowest BCUT2D eigenvalue weighted by Gasteiger charge is -2.14. The fraction of sp³-hybridized carbons (Fsp3) is 0.0769. The summed E-state index contributed by atoms with van der Waals surface area (Å²) in [6, 6.07) is 9.06. The van der Waals surface area contributed by atoms with Crippen molar-refractivity contribution in [3.63, 3.8) is 0 Å². The third kappa shape index (κ3) is 2.40. The first kappa shape index (κ1) is 14.0. The second-order valence-electron chi connectivity index (χ2n) is 4.52. The summed E-state index contributed by atoms with van der Waals surface area (Å²) in [5.41, 5.74) is 0.